The molecule has 9 nitrogen and oxygen atoms in total. The molecule has 0 spiro atoms. The molecule has 0 unspecified atom stereocenters. The average Bonchev–Trinajstić information content (AvgIpc) is 3.25. The zero-order valence-corrected chi connectivity index (χ0v) is 20.9. The average molecular weight is 519 g/mol. The van der Waals surface area contributed by atoms with Gasteiger partial charge in [0.2, 0.25) is 5.91 Å². The van der Waals surface area contributed by atoms with Crippen LogP contribution >= 0.6 is 0 Å². The lowest BCUT2D eigenvalue weighted by atomic mass is 10.0. The SMILES string of the molecule is CCN(C(C)=O)c1cnc2c(N)c(-c3ccc4ncn(C)c4c3)c(=O)n(-c3ccc(OC(F)F)cc3)c2c1. The van der Waals surface area contributed by atoms with E-state index in [0.29, 0.717) is 34.5 Å². The van der Waals surface area contributed by atoms with E-state index in [9.17, 15) is 18.4 Å². The molecule has 0 atom stereocenters. The summed E-state index contributed by atoms with van der Waals surface area (Å²) in [7, 11) is 1.85. The van der Waals surface area contributed by atoms with Crippen molar-refractivity contribution in [1.82, 2.24) is 19.1 Å². The number of nitrogen functional groups attached to an aromatic ring is 1. The van der Waals surface area contributed by atoms with Gasteiger partial charge in [0.1, 0.15) is 11.3 Å². The minimum atomic E-state index is -2.98. The van der Waals surface area contributed by atoms with Gasteiger partial charge in [0.05, 0.1) is 46.0 Å². The van der Waals surface area contributed by atoms with E-state index < -0.39 is 12.2 Å². The van der Waals surface area contributed by atoms with E-state index in [1.807, 2.05) is 24.6 Å². The number of fused-ring (bicyclic) bond motifs is 2. The fourth-order valence-corrected chi connectivity index (χ4v) is 4.60. The number of carbonyl (C=O) groups is 1. The summed E-state index contributed by atoms with van der Waals surface area (Å²) in [4.78, 5) is 36.7. The number of ether oxygens (including phenoxy) is 1. The summed E-state index contributed by atoms with van der Waals surface area (Å²) >= 11 is 0. The van der Waals surface area contributed by atoms with Crippen LogP contribution in [0.15, 0.2) is 65.8 Å². The Hall–Kier alpha value is -4.80. The maximum absolute atomic E-state index is 14.1. The molecule has 5 rings (SSSR count). The van der Waals surface area contributed by atoms with Gasteiger partial charge in [0, 0.05) is 26.2 Å². The summed E-state index contributed by atoms with van der Waals surface area (Å²) in [5.74, 6) is -0.240. The molecule has 2 aromatic carbocycles. The van der Waals surface area contributed by atoms with E-state index in [1.165, 1.54) is 46.9 Å². The second kappa shape index (κ2) is 9.58. The summed E-state index contributed by atoms with van der Waals surface area (Å²) in [6, 6.07) is 12.8. The van der Waals surface area contributed by atoms with Gasteiger partial charge in [-0.1, -0.05) is 6.07 Å². The van der Waals surface area contributed by atoms with Crippen LogP contribution in [-0.4, -0.2) is 38.2 Å². The van der Waals surface area contributed by atoms with Crippen LogP contribution < -0.4 is 20.9 Å². The van der Waals surface area contributed by atoms with Gasteiger partial charge in [-0.25, -0.2) is 4.98 Å². The minimum absolute atomic E-state index is 0.0500. The number of nitrogens with two attached hydrogens (primary N) is 1. The number of halogens is 2. The van der Waals surface area contributed by atoms with E-state index >= 15 is 0 Å². The maximum Gasteiger partial charge on any atom is 0.387 e. The Morgan fingerprint density at radius 3 is 2.50 bits per heavy atom. The van der Waals surface area contributed by atoms with Crippen molar-refractivity contribution in [3.8, 4) is 22.6 Å². The number of hydrogen-bond donors (Lipinski definition) is 1. The van der Waals surface area contributed by atoms with Gasteiger partial charge in [-0.3, -0.25) is 19.1 Å². The highest BCUT2D eigenvalue weighted by Gasteiger charge is 2.21. The van der Waals surface area contributed by atoms with Gasteiger partial charge in [0.15, 0.2) is 0 Å². The largest absolute Gasteiger partial charge is 0.435 e. The molecular weight excluding hydrogens is 494 g/mol. The molecule has 3 aromatic heterocycles. The first-order chi connectivity index (χ1) is 18.2. The fourth-order valence-electron chi connectivity index (χ4n) is 4.60. The van der Waals surface area contributed by atoms with Gasteiger partial charge in [-0.05, 0) is 55.0 Å². The summed E-state index contributed by atoms with van der Waals surface area (Å²) < 4.78 is 33.1. The molecule has 0 saturated carbocycles. The fraction of sp³-hybridized carbons (Fsp3) is 0.185. The second-order valence-corrected chi connectivity index (χ2v) is 8.69. The van der Waals surface area contributed by atoms with Gasteiger partial charge in [-0.15, -0.1) is 0 Å². The van der Waals surface area contributed by atoms with Crippen LogP contribution in [0.4, 0.5) is 20.2 Å². The van der Waals surface area contributed by atoms with E-state index in [-0.39, 0.29) is 22.9 Å². The first-order valence-corrected chi connectivity index (χ1v) is 11.8. The molecule has 5 aromatic rings. The lowest BCUT2D eigenvalue weighted by Gasteiger charge is -2.21. The number of aryl methyl sites for hydroxylation is 1. The number of hydrogen-bond acceptors (Lipinski definition) is 6. The van der Waals surface area contributed by atoms with Crippen molar-refractivity contribution in [3.63, 3.8) is 0 Å². The number of carbonyl (C=O) groups excluding carboxylic acids is 1. The topological polar surface area (TPSA) is 108 Å². The minimum Gasteiger partial charge on any atom is -0.435 e. The quantitative estimate of drug-likeness (QED) is 0.355. The smallest absolute Gasteiger partial charge is 0.387 e. The van der Waals surface area contributed by atoms with Gasteiger partial charge >= 0.3 is 6.61 Å². The Kier molecular flexibility index (Phi) is 6.27. The molecule has 194 valence electrons. The maximum atomic E-state index is 14.1. The Morgan fingerprint density at radius 1 is 1.11 bits per heavy atom. The lowest BCUT2D eigenvalue weighted by Crippen LogP contribution is -2.28. The van der Waals surface area contributed by atoms with E-state index in [4.69, 9.17) is 5.73 Å². The molecule has 11 heteroatoms. The highest BCUT2D eigenvalue weighted by molar-refractivity contribution is 6.00. The molecule has 0 radical (unpaired) electrons. The molecule has 0 fully saturated rings. The normalized spacial score (nSPS) is 11.4. The van der Waals surface area contributed by atoms with Crippen LogP contribution in [0.2, 0.25) is 0 Å². The van der Waals surface area contributed by atoms with Gasteiger partial charge in [0.25, 0.3) is 5.56 Å². The van der Waals surface area contributed by atoms with Gasteiger partial charge < -0.3 is 19.9 Å². The third kappa shape index (κ3) is 4.21. The molecule has 0 saturated heterocycles. The predicted molar refractivity (Wildman–Crippen MR) is 142 cm³/mol. The van der Waals surface area contributed by atoms with Crippen LogP contribution in [0.5, 0.6) is 5.75 Å². The van der Waals surface area contributed by atoms with Crippen LogP contribution in [0.25, 0.3) is 38.9 Å². The molecule has 0 aliphatic heterocycles. The predicted octanol–water partition coefficient (Wildman–Crippen LogP) is 4.50. The van der Waals surface area contributed by atoms with E-state index in [2.05, 4.69) is 14.7 Å². The number of pyridine rings is 2. The number of amides is 1. The zero-order valence-electron chi connectivity index (χ0n) is 20.9. The highest BCUT2D eigenvalue weighted by atomic mass is 19.3. The Labute approximate surface area is 215 Å². The van der Waals surface area contributed by atoms with Crippen molar-refractivity contribution in [1.29, 1.82) is 0 Å². The van der Waals surface area contributed by atoms with E-state index in [0.717, 1.165) is 11.0 Å². The summed E-state index contributed by atoms with van der Waals surface area (Å²) in [6.07, 6.45) is 3.21. The van der Waals surface area contributed by atoms with Crippen LogP contribution in [-0.2, 0) is 11.8 Å². The van der Waals surface area contributed by atoms with E-state index in [1.54, 1.807) is 24.5 Å². The second-order valence-electron chi connectivity index (χ2n) is 8.69. The Bertz CT molecular complexity index is 1740. The van der Waals surface area contributed by atoms with Crippen molar-refractivity contribution >= 4 is 39.3 Å². The van der Waals surface area contributed by atoms with Crippen LogP contribution in [0.1, 0.15) is 13.8 Å². The summed E-state index contributed by atoms with van der Waals surface area (Å²) in [5, 5.41) is 0. The molecule has 1 amide bonds. The van der Waals surface area contributed by atoms with Crippen molar-refractivity contribution in [2.45, 2.75) is 20.5 Å². The summed E-state index contributed by atoms with van der Waals surface area (Å²) in [6.45, 7) is 0.680. The number of benzene rings is 2. The Morgan fingerprint density at radius 2 is 1.84 bits per heavy atom. The zero-order chi connectivity index (χ0) is 27.1. The first-order valence-electron chi connectivity index (χ1n) is 11.8. The lowest BCUT2D eigenvalue weighted by molar-refractivity contribution is -0.116. The third-order valence-electron chi connectivity index (χ3n) is 6.38. The highest BCUT2D eigenvalue weighted by Crippen LogP contribution is 2.33. The molecule has 0 aliphatic carbocycles. The van der Waals surface area contributed by atoms with Crippen LogP contribution in [0.3, 0.4) is 0 Å². The first kappa shape index (κ1) is 24.9. The monoisotopic (exact) mass is 518 g/mol. The third-order valence-corrected chi connectivity index (χ3v) is 6.38. The number of nitrogens with zero attached hydrogens (tertiary/aromatic N) is 5. The van der Waals surface area contributed by atoms with Crippen molar-refractivity contribution in [2.75, 3.05) is 17.2 Å². The molecule has 38 heavy (non-hydrogen) atoms. The number of aromatic nitrogens is 4. The van der Waals surface area contributed by atoms with Crippen molar-refractivity contribution in [3.05, 3.63) is 71.4 Å². The standard InChI is InChI=1S/C27H24F2N6O3/c1-4-34(15(2)36)18-12-22-25(31-13-18)24(30)23(16-5-10-20-21(11-16)33(3)14-32-20)26(37)35(22)17-6-8-19(9-7-17)38-27(28)29/h5-14,27H,4,30H2,1-3H3. The molecule has 0 bridgehead atoms. The Balaban J connectivity index is 1.81. The number of rotatable bonds is 6. The number of anilines is 2. The number of alkyl halides is 2. The molecular formula is C27H24F2N6O3. The molecule has 3 heterocycles. The van der Waals surface area contributed by atoms with Crippen molar-refractivity contribution in [2.24, 2.45) is 7.05 Å². The summed E-state index contributed by atoms with van der Waals surface area (Å²) in [5.41, 5.74) is 10.3. The van der Waals surface area contributed by atoms with Gasteiger partial charge in [-0.2, -0.15) is 8.78 Å². The van der Waals surface area contributed by atoms with Crippen LogP contribution in [0, 0.1) is 0 Å². The van der Waals surface area contributed by atoms with Crippen molar-refractivity contribution < 1.29 is 18.3 Å². The number of imidazole rings is 1. The molecule has 0 aliphatic rings. The molecule has 2 N–H and O–H groups in total.